The first-order chi connectivity index (χ1) is 14.9. The molecule has 3 rings (SSSR count). The molecule has 0 unspecified atom stereocenters. The summed E-state index contributed by atoms with van der Waals surface area (Å²) in [7, 11) is 0. The average Bonchev–Trinajstić information content (AvgIpc) is 3.08. The maximum Gasteiger partial charge on any atom is 0.341 e. The van der Waals surface area contributed by atoms with Gasteiger partial charge in [0.05, 0.1) is 13.0 Å². The summed E-state index contributed by atoms with van der Waals surface area (Å²) < 4.78 is 5.27. The number of nitrogens with one attached hydrogen (secondary N) is 1. The maximum absolute atomic E-state index is 12.8. The number of thiophene rings is 1. The molecule has 1 heterocycles. The molecule has 0 saturated heterocycles. The molecule has 6 nitrogen and oxygen atoms in total. The number of amides is 1. The van der Waals surface area contributed by atoms with E-state index in [4.69, 9.17) is 9.84 Å². The van der Waals surface area contributed by atoms with E-state index in [1.165, 1.54) is 49.0 Å². The summed E-state index contributed by atoms with van der Waals surface area (Å²) in [6, 6.07) is 8.36. The molecule has 1 aromatic carbocycles. The lowest BCUT2D eigenvalue weighted by molar-refractivity contribution is -0.138. The lowest BCUT2D eigenvalue weighted by Gasteiger charge is -2.22. The first-order valence-corrected chi connectivity index (χ1v) is 11.6. The summed E-state index contributed by atoms with van der Waals surface area (Å²) in [5, 5.41) is 11.9. The van der Waals surface area contributed by atoms with Crippen LogP contribution in [0.15, 0.2) is 24.3 Å². The topological polar surface area (TPSA) is 92.7 Å². The highest BCUT2D eigenvalue weighted by atomic mass is 32.1. The largest absolute Gasteiger partial charge is 0.481 e. The van der Waals surface area contributed by atoms with E-state index in [0.717, 1.165) is 16.0 Å². The lowest BCUT2D eigenvalue weighted by atomic mass is 9.83. The fourth-order valence-electron chi connectivity index (χ4n) is 4.15. The molecule has 166 valence electrons. The van der Waals surface area contributed by atoms with E-state index in [1.807, 2.05) is 19.1 Å². The van der Waals surface area contributed by atoms with E-state index in [9.17, 15) is 14.4 Å². The molecule has 2 N–H and O–H groups in total. The van der Waals surface area contributed by atoms with Crippen molar-refractivity contribution in [2.45, 2.75) is 64.7 Å². The first kappa shape index (κ1) is 23.0. The number of rotatable bonds is 8. The molecule has 1 aliphatic carbocycles. The van der Waals surface area contributed by atoms with Gasteiger partial charge in [0.15, 0.2) is 0 Å². The minimum atomic E-state index is -1.04. The van der Waals surface area contributed by atoms with E-state index >= 15 is 0 Å². The first-order valence-electron chi connectivity index (χ1n) is 10.8. The van der Waals surface area contributed by atoms with Gasteiger partial charge in [-0.1, -0.05) is 43.5 Å². The standard InChI is InChI=1S/C24H29NO5S/c1-3-30-24(29)22-21(15(2)31-23(22)25-19(26)13-14-20(27)28)18-11-9-17(10-12-18)16-7-5-4-6-8-16/h9-12,16H,3-8,13-14H2,1-2H3,(H,25,26)(H,27,28). The van der Waals surface area contributed by atoms with Crippen molar-refractivity contribution >= 4 is 34.2 Å². The second-order valence-electron chi connectivity index (χ2n) is 7.86. The Morgan fingerprint density at radius 2 is 1.77 bits per heavy atom. The van der Waals surface area contributed by atoms with Crippen LogP contribution >= 0.6 is 11.3 Å². The van der Waals surface area contributed by atoms with Crippen LogP contribution in [0.4, 0.5) is 5.00 Å². The highest BCUT2D eigenvalue weighted by molar-refractivity contribution is 7.17. The van der Waals surface area contributed by atoms with Crippen LogP contribution in [0.3, 0.4) is 0 Å². The highest BCUT2D eigenvalue weighted by Gasteiger charge is 2.26. The lowest BCUT2D eigenvalue weighted by Crippen LogP contribution is -2.15. The number of carbonyl (C=O) groups excluding carboxylic acids is 2. The predicted molar refractivity (Wildman–Crippen MR) is 122 cm³/mol. The minimum absolute atomic E-state index is 0.153. The Bertz CT molecular complexity index is 942. The predicted octanol–water partition coefficient (Wildman–Crippen LogP) is 5.75. The van der Waals surface area contributed by atoms with Crippen molar-refractivity contribution in [3.8, 4) is 11.1 Å². The summed E-state index contributed by atoms with van der Waals surface area (Å²) >= 11 is 1.30. The molecular weight excluding hydrogens is 414 g/mol. The third-order valence-corrected chi connectivity index (χ3v) is 6.68. The van der Waals surface area contributed by atoms with Gasteiger partial charge in [-0.15, -0.1) is 11.3 Å². The van der Waals surface area contributed by atoms with Crippen LogP contribution in [-0.2, 0) is 14.3 Å². The number of benzene rings is 1. The van der Waals surface area contributed by atoms with Crippen LogP contribution in [0.2, 0.25) is 0 Å². The summed E-state index contributed by atoms with van der Waals surface area (Å²) in [5.41, 5.74) is 3.32. The van der Waals surface area contributed by atoms with E-state index < -0.39 is 17.8 Å². The monoisotopic (exact) mass is 443 g/mol. The van der Waals surface area contributed by atoms with Crippen molar-refractivity contribution in [3.63, 3.8) is 0 Å². The summed E-state index contributed by atoms with van der Waals surface area (Å²) in [5.74, 6) is -1.37. The molecule has 1 fully saturated rings. The molecule has 0 radical (unpaired) electrons. The van der Waals surface area contributed by atoms with E-state index in [-0.39, 0.29) is 19.4 Å². The van der Waals surface area contributed by atoms with Crippen LogP contribution in [-0.4, -0.2) is 29.6 Å². The van der Waals surface area contributed by atoms with Crippen molar-refractivity contribution in [1.29, 1.82) is 0 Å². The van der Waals surface area contributed by atoms with Gasteiger partial charge in [-0.2, -0.15) is 0 Å². The molecular formula is C24H29NO5S. The van der Waals surface area contributed by atoms with Gasteiger partial charge in [-0.25, -0.2) is 4.79 Å². The second-order valence-corrected chi connectivity index (χ2v) is 9.08. The van der Waals surface area contributed by atoms with E-state index in [2.05, 4.69) is 17.4 Å². The van der Waals surface area contributed by atoms with Crippen LogP contribution in [0.25, 0.3) is 11.1 Å². The molecule has 1 aromatic heterocycles. The number of aryl methyl sites for hydroxylation is 1. The fourth-order valence-corrected chi connectivity index (χ4v) is 5.23. The average molecular weight is 444 g/mol. The van der Waals surface area contributed by atoms with Crippen LogP contribution in [0.5, 0.6) is 0 Å². The minimum Gasteiger partial charge on any atom is -0.481 e. The Morgan fingerprint density at radius 3 is 2.39 bits per heavy atom. The van der Waals surface area contributed by atoms with Gasteiger partial charge in [-0.05, 0) is 43.7 Å². The number of esters is 1. The van der Waals surface area contributed by atoms with Crippen molar-refractivity contribution in [2.75, 3.05) is 11.9 Å². The van der Waals surface area contributed by atoms with Gasteiger partial charge in [0.1, 0.15) is 10.6 Å². The van der Waals surface area contributed by atoms with Gasteiger partial charge in [0.2, 0.25) is 5.91 Å². The number of carboxylic acids is 1. The van der Waals surface area contributed by atoms with Crippen LogP contribution < -0.4 is 5.32 Å². The van der Waals surface area contributed by atoms with Crippen molar-refractivity contribution < 1.29 is 24.2 Å². The third-order valence-electron chi connectivity index (χ3n) is 5.66. The Kier molecular flexibility index (Phi) is 7.85. The van der Waals surface area contributed by atoms with E-state index in [1.54, 1.807) is 6.92 Å². The van der Waals surface area contributed by atoms with Crippen LogP contribution in [0, 0.1) is 6.92 Å². The molecule has 0 spiro atoms. The number of ether oxygens (including phenoxy) is 1. The van der Waals surface area contributed by atoms with Crippen LogP contribution in [0.1, 0.15) is 78.6 Å². The maximum atomic E-state index is 12.8. The molecule has 0 bridgehead atoms. The third kappa shape index (κ3) is 5.73. The Hall–Kier alpha value is -2.67. The molecule has 1 saturated carbocycles. The molecule has 7 heteroatoms. The SMILES string of the molecule is CCOC(=O)c1c(NC(=O)CCC(=O)O)sc(C)c1-c1ccc(C2CCCCC2)cc1. The van der Waals surface area contributed by atoms with E-state index in [0.29, 0.717) is 16.5 Å². The number of anilines is 1. The van der Waals surface area contributed by atoms with Gasteiger partial charge in [0, 0.05) is 16.9 Å². The van der Waals surface area contributed by atoms with Crippen molar-refractivity contribution in [2.24, 2.45) is 0 Å². The fraction of sp³-hybridized carbons (Fsp3) is 0.458. The summed E-state index contributed by atoms with van der Waals surface area (Å²) in [4.78, 5) is 36.6. The Balaban J connectivity index is 1.91. The molecule has 31 heavy (non-hydrogen) atoms. The molecule has 1 amide bonds. The number of aliphatic carboxylic acids is 1. The molecule has 2 aromatic rings. The van der Waals surface area contributed by atoms with Crippen molar-refractivity contribution in [3.05, 3.63) is 40.3 Å². The number of hydrogen-bond donors (Lipinski definition) is 2. The van der Waals surface area contributed by atoms with Gasteiger partial charge < -0.3 is 15.2 Å². The molecule has 1 aliphatic rings. The van der Waals surface area contributed by atoms with Gasteiger partial charge >= 0.3 is 11.9 Å². The number of hydrogen-bond acceptors (Lipinski definition) is 5. The highest BCUT2D eigenvalue weighted by Crippen LogP contribution is 2.41. The summed E-state index contributed by atoms with van der Waals surface area (Å²) in [6.45, 7) is 3.87. The number of carboxylic acid groups (broad SMARTS) is 1. The number of carbonyl (C=O) groups is 3. The van der Waals surface area contributed by atoms with Gasteiger partial charge in [-0.3, -0.25) is 9.59 Å². The quantitative estimate of drug-likeness (QED) is 0.507. The second kappa shape index (κ2) is 10.6. The molecule has 0 atom stereocenters. The van der Waals surface area contributed by atoms with Gasteiger partial charge in [0.25, 0.3) is 0 Å². The summed E-state index contributed by atoms with van der Waals surface area (Å²) in [6.07, 6.45) is 5.88. The smallest absolute Gasteiger partial charge is 0.341 e. The molecule has 0 aliphatic heterocycles. The van der Waals surface area contributed by atoms with Crippen molar-refractivity contribution in [1.82, 2.24) is 0 Å². The zero-order valence-corrected chi connectivity index (χ0v) is 18.8. The zero-order valence-electron chi connectivity index (χ0n) is 18.0. The Morgan fingerprint density at radius 1 is 1.10 bits per heavy atom. The normalized spacial score (nSPS) is 14.3. The Labute approximate surface area is 186 Å². The zero-order chi connectivity index (χ0) is 22.4.